The van der Waals surface area contributed by atoms with Gasteiger partial charge in [-0.25, -0.2) is 5.10 Å². The van der Waals surface area contributed by atoms with Crippen LogP contribution in [-0.2, 0) is 14.1 Å². The molecule has 0 amide bonds. The van der Waals surface area contributed by atoms with Gasteiger partial charge in [-0.05, 0) is 62.4 Å². The van der Waals surface area contributed by atoms with Crippen molar-refractivity contribution in [1.82, 2.24) is 27.8 Å². The van der Waals surface area contributed by atoms with Crippen molar-refractivity contribution in [3.05, 3.63) is 51.8 Å². The van der Waals surface area contributed by atoms with Crippen LogP contribution in [0.25, 0.3) is 0 Å². The molecule has 0 fully saturated rings. The van der Waals surface area contributed by atoms with Gasteiger partial charge in [-0.1, -0.05) is 0 Å². The molecule has 0 aliphatic heterocycles. The van der Waals surface area contributed by atoms with E-state index in [1.807, 2.05) is 81.5 Å². The Hall–Kier alpha value is -1.87. The average molecular weight is 332 g/mol. The maximum absolute atomic E-state index is 5.53. The van der Waals surface area contributed by atoms with Gasteiger partial charge in [0.1, 0.15) is 9.54 Å². The molecule has 1 radical (unpaired) electrons. The van der Waals surface area contributed by atoms with Crippen molar-refractivity contribution in [3.63, 3.8) is 0 Å². The maximum Gasteiger partial charge on any atom is 0.227 e. The van der Waals surface area contributed by atoms with E-state index in [2.05, 4.69) is 5.10 Å². The van der Waals surface area contributed by atoms with Gasteiger partial charge >= 0.3 is 0 Å². The molecule has 6 nitrogen and oxygen atoms in total. The molecule has 3 rings (SSSR count). The lowest BCUT2D eigenvalue weighted by atomic mass is 9.93. The van der Waals surface area contributed by atoms with Gasteiger partial charge in [0.2, 0.25) is 7.12 Å². The van der Waals surface area contributed by atoms with Gasteiger partial charge in [0, 0.05) is 26.5 Å². The Kier molecular flexibility index (Phi) is 3.69. The number of rotatable bonds is 3. The second kappa shape index (κ2) is 5.40. The molecular formula is C13H17BN6S2-. The van der Waals surface area contributed by atoms with Crippen LogP contribution in [0.1, 0.15) is 11.4 Å². The van der Waals surface area contributed by atoms with Crippen LogP contribution < -0.4 is 0 Å². The number of nitrogens with zero attached hydrogens (tertiary/aromatic N) is 6. The first kappa shape index (κ1) is 15.0. The van der Waals surface area contributed by atoms with Crippen LogP contribution in [0.2, 0.25) is 0 Å². The minimum atomic E-state index is -0.254. The molecule has 0 unspecified atom stereocenters. The SMILES string of the molecule is Cc1cc(C)n([B-](n2ccn(C)c2=S)n2ccn(C)c2=S)n1. The van der Waals surface area contributed by atoms with Crippen LogP contribution in [-0.4, -0.2) is 34.9 Å². The molecule has 0 aliphatic carbocycles. The second-order valence-electron chi connectivity index (χ2n) is 5.42. The molecule has 0 N–H and O–H groups in total. The first-order valence-electron chi connectivity index (χ1n) is 6.90. The number of hydrogen-bond acceptors (Lipinski definition) is 3. The third-order valence-corrected chi connectivity index (χ3v) is 4.71. The molecule has 0 saturated carbocycles. The van der Waals surface area contributed by atoms with Crippen molar-refractivity contribution in [2.45, 2.75) is 13.8 Å². The van der Waals surface area contributed by atoms with E-state index >= 15 is 0 Å². The standard InChI is InChI=1S/C13H17BN6S2/c1-10-9-11(2)20(15-10)14(18-7-5-16(3)12(18)21)19-8-6-17(4)13(19)22/h5-9H,1-4H3/q-1. The third kappa shape index (κ3) is 2.30. The molecular weight excluding hydrogens is 315 g/mol. The molecule has 3 aromatic rings. The van der Waals surface area contributed by atoms with Crippen molar-refractivity contribution in [1.29, 1.82) is 0 Å². The molecule has 0 spiro atoms. The van der Waals surface area contributed by atoms with E-state index in [-0.39, 0.29) is 7.12 Å². The van der Waals surface area contributed by atoms with E-state index in [0.29, 0.717) is 9.54 Å². The minimum Gasteiger partial charge on any atom is -0.482 e. The highest BCUT2D eigenvalue weighted by atomic mass is 32.1. The number of imidazole rings is 2. The highest BCUT2D eigenvalue weighted by molar-refractivity contribution is 7.71. The molecule has 22 heavy (non-hydrogen) atoms. The van der Waals surface area contributed by atoms with Gasteiger partial charge in [-0.3, -0.25) is 0 Å². The predicted molar refractivity (Wildman–Crippen MR) is 92.1 cm³/mol. The Bertz CT molecular complexity index is 886. The summed E-state index contributed by atoms with van der Waals surface area (Å²) < 4.78 is 11.2. The predicted octanol–water partition coefficient (Wildman–Crippen LogP) is 2.17. The van der Waals surface area contributed by atoms with Crippen molar-refractivity contribution in [3.8, 4) is 0 Å². The number of hydrogen-bond donors (Lipinski definition) is 0. The Morgan fingerprint density at radius 2 is 1.41 bits per heavy atom. The molecule has 0 bridgehead atoms. The summed E-state index contributed by atoms with van der Waals surface area (Å²) in [6, 6.07) is 2.05. The maximum atomic E-state index is 5.53. The molecule has 115 valence electrons. The fraction of sp³-hybridized carbons (Fsp3) is 0.308. The summed E-state index contributed by atoms with van der Waals surface area (Å²) in [4.78, 5) is 0. The fourth-order valence-corrected chi connectivity index (χ4v) is 3.00. The first-order chi connectivity index (χ1) is 10.4. The minimum absolute atomic E-state index is 0.254. The Balaban J connectivity index is 2.30. The smallest absolute Gasteiger partial charge is 0.227 e. The lowest BCUT2D eigenvalue weighted by Gasteiger charge is -2.33. The Morgan fingerprint density at radius 3 is 1.73 bits per heavy atom. The van der Waals surface area contributed by atoms with Gasteiger partial charge in [0.25, 0.3) is 0 Å². The van der Waals surface area contributed by atoms with E-state index < -0.39 is 0 Å². The summed E-state index contributed by atoms with van der Waals surface area (Å²) in [6.07, 6.45) is 7.79. The van der Waals surface area contributed by atoms with Gasteiger partial charge in [-0.15, -0.1) is 0 Å². The van der Waals surface area contributed by atoms with Crippen LogP contribution in [0.5, 0.6) is 0 Å². The van der Waals surface area contributed by atoms with E-state index in [0.717, 1.165) is 11.4 Å². The molecule has 0 aromatic carbocycles. The van der Waals surface area contributed by atoms with Crippen molar-refractivity contribution < 1.29 is 0 Å². The van der Waals surface area contributed by atoms with Crippen molar-refractivity contribution >= 4 is 31.6 Å². The van der Waals surface area contributed by atoms with E-state index in [9.17, 15) is 0 Å². The zero-order valence-corrected chi connectivity index (χ0v) is 14.6. The van der Waals surface area contributed by atoms with Gasteiger partial charge in [-0.2, -0.15) is 0 Å². The number of aryl methyl sites for hydroxylation is 4. The zero-order valence-electron chi connectivity index (χ0n) is 13.0. The Labute approximate surface area is 139 Å². The zero-order chi connectivity index (χ0) is 16.0. The lowest BCUT2D eigenvalue weighted by Crippen LogP contribution is -2.43. The van der Waals surface area contributed by atoms with Crippen molar-refractivity contribution in [2.75, 3.05) is 0 Å². The van der Waals surface area contributed by atoms with Gasteiger partial charge < -0.3 is 22.7 Å². The van der Waals surface area contributed by atoms with E-state index in [1.54, 1.807) is 0 Å². The normalized spacial score (nSPS) is 11.5. The third-order valence-electron chi connectivity index (χ3n) is 3.71. The van der Waals surface area contributed by atoms with Crippen LogP contribution in [0.15, 0.2) is 30.9 Å². The largest absolute Gasteiger partial charge is 0.482 e. The van der Waals surface area contributed by atoms with Gasteiger partial charge in [0.15, 0.2) is 0 Å². The topological polar surface area (TPSA) is 37.5 Å². The molecule has 9 heteroatoms. The molecule has 0 atom stereocenters. The average Bonchev–Trinajstić information content (AvgIpc) is 3.08. The van der Waals surface area contributed by atoms with E-state index in [1.165, 1.54) is 0 Å². The van der Waals surface area contributed by atoms with Crippen LogP contribution in [0.3, 0.4) is 0 Å². The summed E-state index contributed by atoms with van der Waals surface area (Å²) in [5.74, 6) is 0. The molecule has 3 heterocycles. The van der Waals surface area contributed by atoms with Crippen LogP contribution in [0, 0.1) is 23.4 Å². The van der Waals surface area contributed by atoms with Crippen LogP contribution in [0.4, 0.5) is 0 Å². The second-order valence-corrected chi connectivity index (χ2v) is 6.15. The Morgan fingerprint density at radius 1 is 0.909 bits per heavy atom. The van der Waals surface area contributed by atoms with Crippen molar-refractivity contribution in [2.24, 2.45) is 14.1 Å². The quantitative estimate of drug-likeness (QED) is 0.545. The summed E-state index contributed by atoms with van der Waals surface area (Å²) in [5, 5.41) is 4.63. The van der Waals surface area contributed by atoms with Gasteiger partial charge in [0.05, 0.1) is 5.69 Å². The highest BCUT2D eigenvalue weighted by Crippen LogP contribution is 2.10. The van der Waals surface area contributed by atoms with Crippen LogP contribution >= 0.6 is 24.4 Å². The fourth-order valence-electron chi connectivity index (χ4n) is 2.56. The highest BCUT2D eigenvalue weighted by Gasteiger charge is 2.13. The van der Waals surface area contributed by atoms with E-state index in [4.69, 9.17) is 24.4 Å². The lowest BCUT2D eigenvalue weighted by molar-refractivity contribution is 0.791. The number of aromatic nitrogens is 6. The summed E-state index contributed by atoms with van der Waals surface area (Å²) in [5.41, 5.74) is 2.02. The first-order valence-corrected chi connectivity index (χ1v) is 7.71. The molecule has 0 aliphatic rings. The molecule has 0 saturated heterocycles. The summed E-state index contributed by atoms with van der Waals surface area (Å²) >= 11 is 11.1. The summed E-state index contributed by atoms with van der Waals surface area (Å²) in [7, 11) is 3.61. The molecule has 3 aromatic heterocycles. The monoisotopic (exact) mass is 332 g/mol. The summed E-state index contributed by atoms with van der Waals surface area (Å²) in [6.45, 7) is 4.02.